The summed E-state index contributed by atoms with van der Waals surface area (Å²) < 4.78 is -1.40. The van der Waals surface area contributed by atoms with Crippen LogP contribution in [0, 0.1) is 5.41 Å². The SMILES string of the molecule is CC(C)(CCl)C(O)(Cl)Br. The molecule has 1 nitrogen and oxygen atoms in total. The van der Waals surface area contributed by atoms with Crippen LogP contribution in [0.25, 0.3) is 0 Å². The number of alkyl halides is 3. The molecular formula is C5H9BrCl2O. The number of rotatable bonds is 2. The zero-order valence-corrected chi connectivity index (χ0v) is 8.39. The normalized spacial score (nSPS) is 19.3. The number of hydrogen-bond acceptors (Lipinski definition) is 1. The van der Waals surface area contributed by atoms with E-state index in [4.69, 9.17) is 28.3 Å². The van der Waals surface area contributed by atoms with Gasteiger partial charge in [0.2, 0.25) is 3.97 Å². The van der Waals surface area contributed by atoms with Gasteiger partial charge in [0, 0.05) is 11.3 Å². The summed E-state index contributed by atoms with van der Waals surface area (Å²) >= 11 is 13.9. The highest BCUT2D eigenvalue weighted by atomic mass is 79.9. The van der Waals surface area contributed by atoms with Crippen molar-refractivity contribution in [2.24, 2.45) is 5.41 Å². The van der Waals surface area contributed by atoms with E-state index in [0.717, 1.165) is 0 Å². The molecule has 0 rings (SSSR count). The molecule has 0 amide bonds. The second kappa shape index (κ2) is 2.95. The van der Waals surface area contributed by atoms with Crippen molar-refractivity contribution in [1.82, 2.24) is 0 Å². The number of aliphatic hydroxyl groups is 1. The van der Waals surface area contributed by atoms with Crippen LogP contribution in [0.1, 0.15) is 13.8 Å². The minimum atomic E-state index is -1.40. The van der Waals surface area contributed by atoms with E-state index in [9.17, 15) is 0 Å². The van der Waals surface area contributed by atoms with Crippen molar-refractivity contribution in [3.8, 4) is 0 Å². The van der Waals surface area contributed by atoms with Gasteiger partial charge in [-0.3, -0.25) is 0 Å². The lowest BCUT2D eigenvalue weighted by Gasteiger charge is -2.30. The fourth-order valence-corrected chi connectivity index (χ4v) is 0.711. The molecule has 0 saturated heterocycles. The van der Waals surface area contributed by atoms with Gasteiger partial charge in [-0.05, 0) is 15.9 Å². The van der Waals surface area contributed by atoms with Crippen LogP contribution in [0.15, 0.2) is 0 Å². The summed E-state index contributed by atoms with van der Waals surface area (Å²) in [7, 11) is 0. The van der Waals surface area contributed by atoms with Gasteiger partial charge in [-0.1, -0.05) is 25.4 Å². The van der Waals surface area contributed by atoms with Gasteiger partial charge in [0.25, 0.3) is 0 Å². The molecule has 0 fully saturated rings. The first-order valence-electron chi connectivity index (χ1n) is 2.47. The van der Waals surface area contributed by atoms with E-state index < -0.39 is 9.38 Å². The summed E-state index contributed by atoms with van der Waals surface area (Å²) in [5, 5.41) is 9.14. The third-order valence-corrected chi connectivity index (χ3v) is 3.40. The quantitative estimate of drug-likeness (QED) is 0.730. The van der Waals surface area contributed by atoms with Gasteiger partial charge in [-0.2, -0.15) is 0 Å². The van der Waals surface area contributed by atoms with E-state index in [1.165, 1.54) is 0 Å². The van der Waals surface area contributed by atoms with Gasteiger partial charge >= 0.3 is 0 Å². The highest BCUT2D eigenvalue weighted by Gasteiger charge is 2.38. The number of hydrogen-bond donors (Lipinski definition) is 1. The molecule has 0 aliphatic rings. The molecule has 0 spiro atoms. The Balaban J connectivity index is 4.14. The van der Waals surface area contributed by atoms with Gasteiger partial charge in [0.05, 0.1) is 0 Å². The molecular weight excluding hydrogens is 227 g/mol. The van der Waals surface area contributed by atoms with Gasteiger partial charge < -0.3 is 5.11 Å². The lowest BCUT2D eigenvalue weighted by atomic mass is 9.98. The molecule has 0 radical (unpaired) electrons. The first-order valence-corrected chi connectivity index (χ1v) is 4.18. The third kappa shape index (κ3) is 2.62. The molecule has 4 heteroatoms. The molecule has 1 atom stereocenters. The van der Waals surface area contributed by atoms with Crippen molar-refractivity contribution < 1.29 is 5.11 Å². The summed E-state index contributed by atoms with van der Waals surface area (Å²) in [5.74, 6) is 0.304. The van der Waals surface area contributed by atoms with Gasteiger partial charge in [-0.15, -0.1) is 11.6 Å². The number of halogens is 3. The second-order valence-electron chi connectivity index (χ2n) is 2.56. The summed E-state index contributed by atoms with van der Waals surface area (Å²) in [6, 6.07) is 0. The maximum Gasteiger partial charge on any atom is 0.201 e. The van der Waals surface area contributed by atoms with E-state index in [1.807, 2.05) is 0 Å². The summed E-state index contributed by atoms with van der Waals surface area (Å²) in [6.07, 6.45) is 0. The summed E-state index contributed by atoms with van der Waals surface area (Å²) in [6.45, 7) is 3.53. The van der Waals surface area contributed by atoms with Crippen molar-refractivity contribution in [1.29, 1.82) is 0 Å². The lowest BCUT2D eigenvalue weighted by molar-refractivity contribution is 0.113. The van der Waals surface area contributed by atoms with Crippen LogP contribution in [-0.4, -0.2) is 15.0 Å². The summed E-state index contributed by atoms with van der Waals surface area (Å²) in [5.41, 5.74) is -0.518. The molecule has 0 aliphatic carbocycles. The molecule has 0 aromatic heterocycles. The molecule has 0 aromatic rings. The van der Waals surface area contributed by atoms with E-state index in [0.29, 0.717) is 5.88 Å². The standard InChI is InChI=1S/C5H9BrCl2O/c1-4(2,3-7)5(6,8)9/h9H,3H2,1-2H3. The Bertz CT molecular complexity index is 97.6. The van der Waals surface area contributed by atoms with Crippen LogP contribution in [0.5, 0.6) is 0 Å². The van der Waals surface area contributed by atoms with Crippen LogP contribution in [0.2, 0.25) is 0 Å². The molecule has 56 valence electrons. The Labute approximate surface area is 73.5 Å². The van der Waals surface area contributed by atoms with E-state index in [2.05, 4.69) is 15.9 Å². The van der Waals surface area contributed by atoms with Gasteiger partial charge in [0.1, 0.15) is 0 Å². The van der Waals surface area contributed by atoms with Crippen LogP contribution >= 0.6 is 39.1 Å². The molecule has 0 heterocycles. The smallest absolute Gasteiger partial charge is 0.201 e. The highest BCUT2D eigenvalue weighted by molar-refractivity contribution is 9.10. The Morgan fingerprint density at radius 2 is 1.89 bits per heavy atom. The van der Waals surface area contributed by atoms with Crippen molar-refractivity contribution in [2.45, 2.75) is 17.8 Å². The minimum absolute atomic E-state index is 0.304. The molecule has 1 N–H and O–H groups in total. The predicted octanol–water partition coefficient (Wildman–Crippen LogP) is 2.53. The summed E-state index contributed by atoms with van der Waals surface area (Å²) in [4.78, 5) is 0. The van der Waals surface area contributed by atoms with Crippen molar-refractivity contribution in [3.05, 3.63) is 0 Å². The fourth-order valence-electron chi connectivity index (χ4n) is 0.0804. The average Bonchev–Trinajstić information content (AvgIpc) is 1.64. The largest absolute Gasteiger partial charge is 0.365 e. The van der Waals surface area contributed by atoms with Crippen molar-refractivity contribution in [2.75, 3.05) is 5.88 Å². The zero-order valence-electron chi connectivity index (χ0n) is 5.29. The topological polar surface area (TPSA) is 20.2 Å². The molecule has 0 aromatic carbocycles. The van der Waals surface area contributed by atoms with Crippen LogP contribution in [0.4, 0.5) is 0 Å². The molecule has 0 saturated carbocycles. The second-order valence-corrected chi connectivity index (χ2v) is 4.98. The maximum absolute atomic E-state index is 9.14. The van der Waals surface area contributed by atoms with Gasteiger partial charge in [-0.25, -0.2) is 0 Å². The molecule has 0 aliphatic heterocycles. The first-order chi connectivity index (χ1) is 3.81. The zero-order chi connectivity index (χ0) is 7.71. The highest BCUT2D eigenvalue weighted by Crippen LogP contribution is 2.40. The van der Waals surface area contributed by atoms with E-state index in [1.54, 1.807) is 13.8 Å². The Hall–Kier alpha value is 1.02. The van der Waals surface area contributed by atoms with Crippen LogP contribution < -0.4 is 0 Å². The van der Waals surface area contributed by atoms with Crippen molar-refractivity contribution in [3.63, 3.8) is 0 Å². The maximum atomic E-state index is 9.14. The lowest BCUT2D eigenvalue weighted by Crippen LogP contribution is -2.34. The molecule has 1 unspecified atom stereocenters. The Morgan fingerprint density at radius 1 is 1.56 bits per heavy atom. The average molecular weight is 236 g/mol. The van der Waals surface area contributed by atoms with E-state index >= 15 is 0 Å². The first kappa shape index (κ1) is 10.0. The fraction of sp³-hybridized carbons (Fsp3) is 1.00. The monoisotopic (exact) mass is 234 g/mol. The van der Waals surface area contributed by atoms with E-state index in [-0.39, 0.29) is 0 Å². The minimum Gasteiger partial charge on any atom is -0.365 e. The molecule has 9 heavy (non-hydrogen) atoms. The third-order valence-electron chi connectivity index (χ3n) is 1.15. The van der Waals surface area contributed by atoms with Gasteiger partial charge in [0.15, 0.2) is 0 Å². The predicted molar refractivity (Wildman–Crippen MR) is 44.2 cm³/mol. The Kier molecular flexibility index (Phi) is 3.29. The van der Waals surface area contributed by atoms with Crippen LogP contribution in [-0.2, 0) is 0 Å². The van der Waals surface area contributed by atoms with Crippen LogP contribution in [0.3, 0.4) is 0 Å². The van der Waals surface area contributed by atoms with Crippen molar-refractivity contribution >= 4 is 39.1 Å². The molecule has 0 bridgehead atoms. The Morgan fingerprint density at radius 3 is 1.89 bits per heavy atom.